The summed E-state index contributed by atoms with van der Waals surface area (Å²) in [6.45, 7) is 6.48. The highest BCUT2D eigenvalue weighted by molar-refractivity contribution is 5.91. The Labute approximate surface area is 242 Å². The van der Waals surface area contributed by atoms with Gasteiger partial charge in [-0.1, -0.05) is 57.2 Å². The first-order valence-corrected chi connectivity index (χ1v) is 14.6. The molecule has 0 saturated heterocycles. The van der Waals surface area contributed by atoms with Gasteiger partial charge >= 0.3 is 17.9 Å². The maximum Gasteiger partial charge on any atom is 0.343 e. The Morgan fingerprint density at radius 3 is 1.88 bits per heavy atom. The van der Waals surface area contributed by atoms with E-state index in [9.17, 15) is 14.4 Å². The lowest BCUT2D eigenvalue weighted by Crippen LogP contribution is -2.24. The maximum absolute atomic E-state index is 12.7. The minimum absolute atomic E-state index is 0.0173. The summed E-state index contributed by atoms with van der Waals surface area (Å²) >= 11 is 0. The first-order chi connectivity index (χ1) is 19.6. The summed E-state index contributed by atoms with van der Waals surface area (Å²) in [4.78, 5) is 36.0. The number of hydrogen-bond acceptors (Lipinski definition) is 5. The fourth-order valence-electron chi connectivity index (χ4n) is 5.27. The van der Waals surface area contributed by atoms with Crippen molar-refractivity contribution >= 4 is 17.9 Å². The van der Waals surface area contributed by atoms with Gasteiger partial charge in [-0.2, -0.15) is 0 Å². The van der Waals surface area contributed by atoms with Crippen molar-refractivity contribution in [3.8, 4) is 5.75 Å². The Balaban J connectivity index is 1.32. The molecule has 0 bridgehead atoms. The van der Waals surface area contributed by atoms with Crippen LogP contribution in [0.25, 0.3) is 0 Å². The third kappa shape index (κ3) is 8.29. The van der Waals surface area contributed by atoms with Gasteiger partial charge in [0.05, 0.1) is 11.1 Å². The van der Waals surface area contributed by atoms with Crippen LogP contribution in [0.1, 0.15) is 103 Å². The largest absolute Gasteiger partial charge is 0.481 e. The number of carbonyl (C=O) groups is 3. The van der Waals surface area contributed by atoms with Crippen molar-refractivity contribution in [2.24, 2.45) is 5.92 Å². The van der Waals surface area contributed by atoms with Crippen LogP contribution in [-0.4, -0.2) is 29.1 Å². The Kier molecular flexibility index (Phi) is 9.98. The quantitative estimate of drug-likeness (QED) is 0.147. The molecule has 0 atom stereocenters. The molecule has 1 fully saturated rings. The topological polar surface area (TPSA) is 89.9 Å². The molecule has 0 heterocycles. The molecule has 216 valence electrons. The van der Waals surface area contributed by atoms with Crippen molar-refractivity contribution in [3.63, 3.8) is 0 Å². The summed E-state index contributed by atoms with van der Waals surface area (Å²) in [5.41, 5.74) is 3.87. The highest BCUT2D eigenvalue weighted by Crippen LogP contribution is 2.33. The minimum Gasteiger partial charge on any atom is -0.481 e. The smallest absolute Gasteiger partial charge is 0.343 e. The molecule has 0 radical (unpaired) electrons. The zero-order valence-corrected chi connectivity index (χ0v) is 24.2. The number of rotatable bonds is 11. The monoisotopic (exact) mass is 556 g/mol. The number of carboxylic acids is 1. The number of ether oxygens (including phenoxy) is 2. The van der Waals surface area contributed by atoms with Crippen molar-refractivity contribution in [1.29, 1.82) is 0 Å². The summed E-state index contributed by atoms with van der Waals surface area (Å²) in [5, 5.41) is 8.74. The van der Waals surface area contributed by atoms with Gasteiger partial charge in [-0.25, -0.2) is 9.59 Å². The number of aryl methyl sites for hydroxylation is 1. The van der Waals surface area contributed by atoms with Gasteiger partial charge in [0.2, 0.25) is 0 Å². The molecule has 41 heavy (non-hydrogen) atoms. The summed E-state index contributed by atoms with van der Waals surface area (Å²) in [6, 6.07) is 22.4. The number of hydrogen-bond donors (Lipinski definition) is 1. The van der Waals surface area contributed by atoms with Crippen molar-refractivity contribution < 1.29 is 29.0 Å². The average Bonchev–Trinajstić information content (AvgIpc) is 2.97. The second kappa shape index (κ2) is 13.6. The Hall–Kier alpha value is -3.93. The van der Waals surface area contributed by atoms with E-state index in [2.05, 4.69) is 20.8 Å². The number of carbonyl (C=O) groups excluding carboxylic acids is 2. The molecule has 1 saturated carbocycles. The van der Waals surface area contributed by atoms with E-state index >= 15 is 0 Å². The second-order valence-electron chi connectivity index (χ2n) is 11.7. The molecular formula is C35H40O6. The van der Waals surface area contributed by atoms with Crippen LogP contribution in [-0.2, 0) is 21.4 Å². The summed E-state index contributed by atoms with van der Waals surface area (Å²) in [7, 11) is 0. The number of unbranched alkanes of at least 4 members (excludes halogenated alkanes) is 1. The van der Waals surface area contributed by atoms with Crippen LogP contribution in [0.2, 0.25) is 0 Å². The van der Waals surface area contributed by atoms with Crippen LogP contribution in [0.4, 0.5) is 0 Å². The first kappa shape index (κ1) is 30.0. The zero-order chi connectivity index (χ0) is 29.4. The summed E-state index contributed by atoms with van der Waals surface area (Å²) in [5.74, 6) is -0.302. The number of carboxylic acid groups (broad SMARTS) is 1. The van der Waals surface area contributed by atoms with E-state index < -0.39 is 11.9 Å². The van der Waals surface area contributed by atoms with E-state index in [0.717, 1.165) is 55.2 Å². The minimum atomic E-state index is -0.781. The van der Waals surface area contributed by atoms with Crippen LogP contribution >= 0.6 is 0 Å². The Bertz CT molecular complexity index is 1310. The van der Waals surface area contributed by atoms with Crippen molar-refractivity contribution in [2.45, 2.75) is 83.7 Å². The Morgan fingerprint density at radius 2 is 1.29 bits per heavy atom. The molecule has 0 aromatic heterocycles. The molecular weight excluding hydrogens is 516 g/mol. The van der Waals surface area contributed by atoms with Gasteiger partial charge < -0.3 is 14.6 Å². The molecule has 1 aliphatic carbocycles. The first-order valence-electron chi connectivity index (χ1n) is 14.6. The van der Waals surface area contributed by atoms with Crippen molar-refractivity contribution in [2.75, 3.05) is 0 Å². The number of aliphatic carboxylic acids is 1. The van der Waals surface area contributed by atoms with Gasteiger partial charge in [-0.05, 0) is 104 Å². The van der Waals surface area contributed by atoms with Gasteiger partial charge in [0.1, 0.15) is 11.9 Å². The fraction of sp³-hybridized carbons (Fsp3) is 0.400. The van der Waals surface area contributed by atoms with Crippen LogP contribution in [0, 0.1) is 5.92 Å². The Morgan fingerprint density at radius 1 is 0.756 bits per heavy atom. The highest BCUT2D eigenvalue weighted by Gasteiger charge is 2.25. The van der Waals surface area contributed by atoms with Crippen LogP contribution in [0.3, 0.4) is 0 Å². The second-order valence-corrected chi connectivity index (χ2v) is 11.7. The molecule has 4 rings (SSSR count). The van der Waals surface area contributed by atoms with Crippen LogP contribution in [0.15, 0.2) is 72.8 Å². The molecule has 1 N–H and O–H groups in total. The average molecular weight is 557 g/mol. The van der Waals surface area contributed by atoms with Gasteiger partial charge in [0.15, 0.2) is 0 Å². The lowest BCUT2D eigenvalue weighted by molar-refractivity contribution is -0.137. The maximum atomic E-state index is 12.7. The van der Waals surface area contributed by atoms with Gasteiger partial charge in [-0.3, -0.25) is 4.79 Å². The molecule has 0 aliphatic heterocycles. The number of esters is 2. The summed E-state index contributed by atoms with van der Waals surface area (Å²) in [6.07, 6.45) is 6.46. The van der Waals surface area contributed by atoms with Crippen molar-refractivity contribution in [3.05, 3.63) is 101 Å². The molecule has 0 unspecified atom stereocenters. The van der Waals surface area contributed by atoms with Crippen LogP contribution in [0.5, 0.6) is 5.75 Å². The normalized spacial score (nSPS) is 17.0. The predicted molar refractivity (Wildman–Crippen MR) is 158 cm³/mol. The lowest BCUT2D eigenvalue weighted by atomic mass is 9.78. The van der Waals surface area contributed by atoms with E-state index in [4.69, 9.17) is 14.6 Å². The van der Waals surface area contributed by atoms with E-state index in [1.54, 1.807) is 24.3 Å². The standard InChI is InChI=1S/C35H40O6/c1-24-8-20-30(21-9-24)40-34(39)27-14-16-28(17-15-27)35(2,3)29-18-22-31(23-19-29)41-33(38)26-12-10-25(11-13-26)6-4-5-7-32(36)37/h10-19,22-24,30H,4-9,20-21H2,1-3H3,(H,36,37). The fourth-order valence-corrected chi connectivity index (χ4v) is 5.27. The third-order valence-electron chi connectivity index (χ3n) is 8.16. The number of benzene rings is 3. The molecule has 6 nitrogen and oxygen atoms in total. The van der Waals surface area contributed by atoms with Crippen LogP contribution < -0.4 is 4.74 Å². The highest BCUT2D eigenvalue weighted by atomic mass is 16.5. The molecule has 1 aliphatic rings. The van der Waals surface area contributed by atoms with Gasteiger partial charge in [0, 0.05) is 11.8 Å². The predicted octanol–water partition coefficient (Wildman–Crippen LogP) is 7.76. The molecule has 6 heteroatoms. The van der Waals surface area contributed by atoms with E-state index in [1.807, 2.05) is 48.5 Å². The van der Waals surface area contributed by atoms with E-state index in [1.165, 1.54) is 0 Å². The SMILES string of the molecule is CC1CCC(OC(=O)c2ccc(C(C)(C)c3ccc(OC(=O)c4ccc(CCCCC(=O)O)cc4)cc3)cc2)CC1. The molecule has 3 aromatic carbocycles. The molecule has 0 amide bonds. The lowest BCUT2D eigenvalue weighted by Gasteiger charge is -2.27. The van der Waals surface area contributed by atoms with E-state index in [-0.39, 0.29) is 23.9 Å². The molecule has 3 aromatic rings. The van der Waals surface area contributed by atoms with Gasteiger partial charge in [0.25, 0.3) is 0 Å². The van der Waals surface area contributed by atoms with Crippen molar-refractivity contribution in [1.82, 2.24) is 0 Å². The zero-order valence-electron chi connectivity index (χ0n) is 24.2. The van der Waals surface area contributed by atoms with E-state index in [0.29, 0.717) is 29.2 Å². The molecule has 0 spiro atoms. The summed E-state index contributed by atoms with van der Waals surface area (Å²) < 4.78 is 11.3. The third-order valence-corrected chi connectivity index (χ3v) is 8.16. The van der Waals surface area contributed by atoms with Gasteiger partial charge in [-0.15, -0.1) is 0 Å².